The molecule has 0 amide bonds. The van der Waals surface area contributed by atoms with Gasteiger partial charge < -0.3 is 9.47 Å². The second-order valence-corrected chi connectivity index (χ2v) is 5.28. The minimum absolute atomic E-state index is 0.298. The molecular formula is C18H14N6O2. The van der Waals surface area contributed by atoms with Crippen LogP contribution in [0.1, 0.15) is 23.7 Å². The first kappa shape index (κ1) is 16.9. The highest BCUT2D eigenvalue weighted by molar-refractivity contribution is 5.49. The predicted molar refractivity (Wildman–Crippen MR) is 90.6 cm³/mol. The van der Waals surface area contributed by atoms with Crippen molar-refractivity contribution in [1.29, 1.82) is 10.5 Å². The van der Waals surface area contributed by atoms with Crippen molar-refractivity contribution in [3.63, 3.8) is 0 Å². The largest absolute Gasteiger partial charge is 0.450 e. The van der Waals surface area contributed by atoms with E-state index in [1.54, 1.807) is 30.1 Å². The average molecular weight is 346 g/mol. The molecule has 0 saturated carbocycles. The van der Waals surface area contributed by atoms with Gasteiger partial charge in [-0.15, -0.1) is 0 Å². The van der Waals surface area contributed by atoms with Gasteiger partial charge in [0.05, 0.1) is 29.5 Å². The van der Waals surface area contributed by atoms with Crippen LogP contribution in [0.4, 0.5) is 0 Å². The number of nitrogens with zero attached hydrogens (tertiary/aromatic N) is 6. The van der Waals surface area contributed by atoms with E-state index in [9.17, 15) is 0 Å². The Balaban J connectivity index is 2.02. The molecule has 3 aromatic rings. The van der Waals surface area contributed by atoms with Gasteiger partial charge >= 0.3 is 0 Å². The van der Waals surface area contributed by atoms with Crippen molar-refractivity contribution in [3.8, 4) is 35.4 Å². The van der Waals surface area contributed by atoms with Gasteiger partial charge in [-0.25, -0.2) is 9.67 Å². The molecule has 1 aromatic carbocycles. The number of aromatic nitrogens is 4. The third-order valence-corrected chi connectivity index (χ3v) is 3.48. The number of aryl methyl sites for hydroxylation is 2. The molecule has 0 spiro atoms. The van der Waals surface area contributed by atoms with Crippen molar-refractivity contribution in [2.24, 2.45) is 7.05 Å². The summed E-state index contributed by atoms with van der Waals surface area (Å²) in [7, 11) is 1.73. The lowest BCUT2D eigenvalue weighted by Crippen LogP contribution is -1.98. The summed E-state index contributed by atoms with van der Waals surface area (Å²) in [5.74, 6) is 1.40. The Kier molecular flexibility index (Phi) is 4.77. The summed E-state index contributed by atoms with van der Waals surface area (Å²) in [4.78, 5) is 8.05. The third kappa shape index (κ3) is 3.45. The van der Waals surface area contributed by atoms with Gasteiger partial charge in [0.1, 0.15) is 11.4 Å². The van der Waals surface area contributed by atoms with Crippen LogP contribution in [0.15, 0.2) is 36.8 Å². The zero-order valence-electron chi connectivity index (χ0n) is 14.2. The van der Waals surface area contributed by atoms with Crippen molar-refractivity contribution >= 4 is 0 Å². The topological polar surface area (TPSA) is 110 Å². The molecule has 8 heteroatoms. The van der Waals surface area contributed by atoms with Gasteiger partial charge in [-0.1, -0.05) is 6.92 Å². The number of rotatable bonds is 5. The third-order valence-electron chi connectivity index (χ3n) is 3.48. The number of nitriles is 2. The lowest BCUT2D eigenvalue weighted by atomic mass is 10.1. The standard InChI is InChI=1S/C18H14N6O2/c1-3-15-17(25-14-7-12(9-19)6-13(8-14)10-20)18(24(2)23-15)26-16-11-21-4-5-22-16/h4-8,11H,3H2,1-2H3. The van der Waals surface area contributed by atoms with E-state index in [4.69, 9.17) is 20.0 Å². The van der Waals surface area contributed by atoms with E-state index in [-0.39, 0.29) is 0 Å². The highest BCUT2D eigenvalue weighted by Crippen LogP contribution is 2.37. The molecule has 0 N–H and O–H groups in total. The zero-order chi connectivity index (χ0) is 18.5. The molecule has 0 aliphatic rings. The number of ether oxygens (including phenoxy) is 2. The summed E-state index contributed by atoms with van der Waals surface area (Å²) in [5.41, 5.74) is 1.34. The van der Waals surface area contributed by atoms with Crippen molar-refractivity contribution in [1.82, 2.24) is 19.7 Å². The number of hydrogen-bond acceptors (Lipinski definition) is 7. The van der Waals surface area contributed by atoms with Crippen LogP contribution in [-0.4, -0.2) is 19.7 Å². The van der Waals surface area contributed by atoms with Gasteiger partial charge in [0.25, 0.3) is 5.88 Å². The van der Waals surface area contributed by atoms with Gasteiger partial charge in [0.2, 0.25) is 11.6 Å². The monoisotopic (exact) mass is 346 g/mol. The normalized spacial score (nSPS) is 10.0. The van der Waals surface area contributed by atoms with Crippen molar-refractivity contribution in [3.05, 3.63) is 53.6 Å². The van der Waals surface area contributed by atoms with E-state index >= 15 is 0 Å². The lowest BCUT2D eigenvalue weighted by molar-refractivity contribution is 0.380. The van der Waals surface area contributed by atoms with E-state index in [0.29, 0.717) is 46.5 Å². The van der Waals surface area contributed by atoms with Crippen LogP contribution >= 0.6 is 0 Å². The molecule has 3 rings (SSSR count). The molecule has 2 heterocycles. The van der Waals surface area contributed by atoms with E-state index in [1.165, 1.54) is 18.5 Å². The predicted octanol–water partition coefficient (Wildman–Crippen LogP) is 3.10. The van der Waals surface area contributed by atoms with E-state index < -0.39 is 0 Å². The molecule has 128 valence electrons. The summed E-state index contributed by atoms with van der Waals surface area (Å²) >= 11 is 0. The van der Waals surface area contributed by atoms with Crippen LogP contribution in [0.2, 0.25) is 0 Å². The Bertz CT molecular complexity index is 982. The molecule has 2 aromatic heterocycles. The Hall–Kier alpha value is -3.91. The summed E-state index contributed by atoms with van der Waals surface area (Å²) in [5, 5.41) is 22.7. The molecule has 8 nitrogen and oxygen atoms in total. The quantitative estimate of drug-likeness (QED) is 0.698. The lowest BCUT2D eigenvalue weighted by Gasteiger charge is -2.10. The fraction of sp³-hybridized carbons (Fsp3) is 0.167. The summed E-state index contributed by atoms with van der Waals surface area (Å²) in [6.45, 7) is 1.94. The molecule has 0 saturated heterocycles. The Labute approximate surface area is 149 Å². The highest BCUT2D eigenvalue weighted by atomic mass is 16.5. The second-order valence-electron chi connectivity index (χ2n) is 5.28. The van der Waals surface area contributed by atoms with E-state index in [2.05, 4.69) is 15.1 Å². The fourth-order valence-electron chi connectivity index (χ4n) is 2.33. The summed E-state index contributed by atoms with van der Waals surface area (Å²) in [6, 6.07) is 8.63. The first-order chi connectivity index (χ1) is 12.6. The van der Waals surface area contributed by atoms with Crippen molar-refractivity contribution in [2.45, 2.75) is 13.3 Å². The molecule has 0 radical (unpaired) electrons. The van der Waals surface area contributed by atoms with Crippen LogP contribution in [-0.2, 0) is 13.5 Å². The summed E-state index contributed by atoms with van der Waals surface area (Å²) < 4.78 is 13.3. The van der Waals surface area contributed by atoms with Gasteiger partial charge in [0.15, 0.2) is 0 Å². The molecular weight excluding hydrogens is 332 g/mol. The first-order valence-corrected chi connectivity index (χ1v) is 7.77. The fourth-order valence-corrected chi connectivity index (χ4v) is 2.33. The van der Waals surface area contributed by atoms with Gasteiger partial charge in [0, 0.05) is 19.4 Å². The maximum Gasteiger partial charge on any atom is 0.263 e. The average Bonchev–Trinajstić information content (AvgIpc) is 2.97. The molecule has 0 bridgehead atoms. The van der Waals surface area contributed by atoms with Gasteiger partial charge in [-0.2, -0.15) is 15.6 Å². The first-order valence-electron chi connectivity index (χ1n) is 7.77. The molecule has 26 heavy (non-hydrogen) atoms. The zero-order valence-corrected chi connectivity index (χ0v) is 14.2. The molecule has 0 aliphatic carbocycles. The Morgan fingerprint density at radius 1 is 1.08 bits per heavy atom. The SMILES string of the molecule is CCc1nn(C)c(Oc2cnccn2)c1Oc1cc(C#N)cc(C#N)c1. The molecule has 0 aliphatic heterocycles. The van der Waals surface area contributed by atoms with Crippen molar-refractivity contribution < 1.29 is 9.47 Å². The minimum Gasteiger partial charge on any atom is -0.450 e. The van der Waals surface area contributed by atoms with E-state index in [1.807, 2.05) is 19.1 Å². The molecule has 0 unspecified atom stereocenters. The number of hydrogen-bond donors (Lipinski definition) is 0. The summed E-state index contributed by atoms with van der Waals surface area (Å²) in [6.07, 6.45) is 5.15. The van der Waals surface area contributed by atoms with Crippen LogP contribution in [0, 0.1) is 22.7 Å². The van der Waals surface area contributed by atoms with Crippen LogP contribution in [0.25, 0.3) is 0 Å². The smallest absolute Gasteiger partial charge is 0.263 e. The maximum atomic E-state index is 9.13. The van der Waals surface area contributed by atoms with Crippen LogP contribution in [0.3, 0.4) is 0 Å². The number of benzene rings is 1. The van der Waals surface area contributed by atoms with Crippen LogP contribution in [0.5, 0.6) is 23.3 Å². The Morgan fingerprint density at radius 3 is 2.38 bits per heavy atom. The van der Waals surface area contributed by atoms with Crippen LogP contribution < -0.4 is 9.47 Å². The second kappa shape index (κ2) is 7.32. The molecule has 0 fully saturated rings. The van der Waals surface area contributed by atoms with Gasteiger partial charge in [-0.3, -0.25) is 4.98 Å². The Morgan fingerprint density at radius 2 is 1.81 bits per heavy atom. The van der Waals surface area contributed by atoms with Gasteiger partial charge in [-0.05, 0) is 24.6 Å². The van der Waals surface area contributed by atoms with E-state index in [0.717, 1.165) is 0 Å². The van der Waals surface area contributed by atoms with Crippen molar-refractivity contribution in [2.75, 3.05) is 0 Å². The maximum absolute atomic E-state index is 9.13. The highest BCUT2D eigenvalue weighted by Gasteiger charge is 2.21. The molecule has 0 atom stereocenters. The minimum atomic E-state index is 0.298.